The van der Waals surface area contributed by atoms with E-state index >= 15 is 0 Å². The summed E-state index contributed by atoms with van der Waals surface area (Å²) in [5, 5.41) is 3.78. The predicted molar refractivity (Wildman–Crippen MR) is 71.3 cm³/mol. The molecular weight excluding hydrogens is 212 g/mol. The standard InChI is InChI=1S/C14H28N2O/c1-3-16-8-6-13(7-9-16)12(2)15-14-5-4-10-17-11-14/h12-15H,3-11H2,1-2H3. The highest BCUT2D eigenvalue weighted by Crippen LogP contribution is 2.21. The van der Waals surface area contributed by atoms with Gasteiger partial charge in [-0.3, -0.25) is 0 Å². The van der Waals surface area contributed by atoms with Crippen LogP contribution in [0, 0.1) is 5.92 Å². The van der Waals surface area contributed by atoms with Crippen LogP contribution in [-0.4, -0.2) is 49.8 Å². The number of ether oxygens (including phenoxy) is 1. The zero-order chi connectivity index (χ0) is 12.1. The molecule has 3 heteroatoms. The minimum Gasteiger partial charge on any atom is -0.380 e. The molecular formula is C14H28N2O. The molecule has 2 aliphatic heterocycles. The van der Waals surface area contributed by atoms with Crippen molar-refractivity contribution in [1.29, 1.82) is 0 Å². The zero-order valence-electron chi connectivity index (χ0n) is 11.5. The van der Waals surface area contributed by atoms with Crippen LogP contribution in [0.5, 0.6) is 0 Å². The normalized spacial score (nSPS) is 30.4. The number of rotatable bonds is 4. The second kappa shape index (κ2) is 6.72. The van der Waals surface area contributed by atoms with E-state index in [1.54, 1.807) is 0 Å². The maximum Gasteiger partial charge on any atom is 0.0619 e. The van der Waals surface area contributed by atoms with Crippen molar-refractivity contribution < 1.29 is 4.74 Å². The van der Waals surface area contributed by atoms with E-state index in [1.165, 1.54) is 45.3 Å². The van der Waals surface area contributed by atoms with Gasteiger partial charge in [0, 0.05) is 18.7 Å². The second-order valence-corrected chi connectivity index (χ2v) is 5.64. The molecule has 2 aliphatic rings. The van der Waals surface area contributed by atoms with Crippen LogP contribution in [0.4, 0.5) is 0 Å². The first-order valence-corrected chi connectivity index (χ1v) is 7.35. The second-order valence-electron chi connectivity index (χ2n) is 5.64. The van der Waals surface area contributed by atoms with Gasteiger partial charge in [-0.15, -0.1) is 0 Å². The molecule has 2 rings (SSSR count). The van der Waals surface area contributed by atoms with Gasteiger partial charge in [-0.2, -0.15) is 0 Å². The molecule has 0 saturated carbocycles. The first-order valence-electron chi connectivity index (χ1n) is 7.35. The third kappa shape index (κ3) is 3.94. The third-order valence-corrected chi connectivity index (χ3v) is 4.45. The van der Waals surface area contributed by atoms with Crippen molar-refractivity contribution in [2.45, 2.75) is 51.6 Å². The van der Waals surface area contributed by atoms with E-state index in [0.717, 1.165) is 19.1 Å². The van der Waals surface area contributed by atoms with Crippen LogP contribution in [0.2, 0.25) is 0 Å². The average Bonchev–Trinajstić information content (AvgIpc) is 2.40. The summed E-state index contributed by atoms with van der Waals surface area (Å²) in [7, 11) is 0. The van der Waals surface area contributed by atoms with Crippen LogP contribution in [0.25, 0.3) is 0 Å². The van der Waals surface area contributed by atoms with E-state index in [4.69, 9.17) is 4.74 Å². The van der Waals surface area contributed by atoms with Crippen LogP contribution in [-0.2, 0) is 4.74 Å². The molecule has 17 heavy (non-hydrogen) atoms. The fourth-order valence-corrected chi connectivity index (χ4v) is 3.15. The number of nitrogens with zero attached hydrogens (tertiary/aromatic N) is 1. The molecule has 2 heterocycles. The van der Waals surface area contributed by atoms with E-state index in [0.29, 0.717) is 12.1 Å². The van der Waals surface area contributed by atoms with Crippen molar-refractivity contribution in [2.24, 2.45) is 5.92 Å². The lowest BCUT2D eigenvalue weighted by molar-refractivity contribution is 0.0604. The Balaban J connectivity index is 1.70. The molecule has 0 spiro atoms. The molecule has 0 amide bonds. The van der Waals surface area contributed by atoms with Crippen LogP contribution < -0.4 is 5.32 Å². The lowest BCUT2D eigenvalue weighted by Gasteiger charge is -2.36. The van der Waals surface area contributed by atoms with E-state index in [-0.39, 0.29) is 0 Å². The Bertz CT molecular complexity index is 208. The van der Waals surface area contributed by atoms with Gasteiger partial charge in [0.1, 0.15) is 0 Å². The Hall–Kier alpha value is -0.120. The molecule has 100 valence electrons. The molecule has 0 aromatic carbocycles. The molecule has 0 aromatic rings. The topological polar surface area (TPSA) is 24.5 Å². The molecule has 0 bridgehead atoms. The van der Waals surface area contributed by atoms with Crippen LogP contribution in [0.15, 0.2) is 0 Å². The number of likely N-dealkylation sites (tertiary alicyclic amines) is 1. The number of hydrogen-bond donors (Lipinski definition) is 1. The van der Waals surface area contributed by atoms with Crippen LogP contribution in [0.3, 0.4) is 0 Å². The van der Waals surface area contributed by atoms with Gasteiger partial charge in [-0.1, -0.05) is 6.92 Å². The van der Waals surface area contributed by atoms with Crippen molar-refractivity contribution in [3.05, 3.63) is 0 Å². The van der Waals surface area contributed by atoms with Crippen molar-refractivity contribution in [2.75, 3.05) is 32.8 Å². The fraction of sp³-hybridized carbons (Fsp3) is 1.00. The Morgan fingerprint density at radius 2 is 2.06 bits per heavy atom. The van der Waals surface area contributed by atoms with Crippen LogP contribution >= 0.6 is 0 Å². The highest BCUT2D eigenvalue weighted by molar-refractivity contribution is 4.82. The highest BCUT2D eigenvalue weighted by atomic mass is 16.5. The number of hydrogen-bond acceptors (Lipinski definition) is 3. The minimum atomic E-state index is 0.600. The molecule has 2 saturated heterocycles. The zero-order valence-corrected chi connectivity index (χ0v) is 11.5. The fourth-order valence-electron chi connectivity index (χ4n) is 3.15. The molecule has 2 unspecified atom stereocenters. The van der Waals surface area contributed by atoms with Crippen molar-refractivity contribution >= 4 is 0 Å². The van der Waals surface area contributed by atoms with Gasteiger partial charge in [0.2, 0.25) is 0 Å². The van der Waals surface area contributed by atoms with Gasteiger partial charge in [0.05, 0.1) is 6.61 Å². The maximum atomic E-state index is 5.53. The Kier molecular flexibility index (Phi) is 5.26. The van der Waals surface area contributed by atoms with Gasteiger partial charge < -0.3 is 15.0 Å². The Morgan fingerprint density at radius 1 is 1.29 bits per heavy atom. The highest BCUT2D eigenvalue weighted by Gasteiger charge is 2.25. The largest absolute Gasteiger partial charge is 0.380 e. The summed E-state index contributed by atoms with van der Waals surface area (Å²) in [6.07, 6.45) is 5.22. The first-order chi connectivity index (χ1) is 8.29. The summed E-state index contributed by atoms with van der Waals surface area (Å²) in [5.74, 6) is 0.861. The van der Waals surface area contributed by atoms with Gasteiger partial charge in [-0.25, -0.2) is 0 Å². The first kappa shape index (κ1) is 13.3. The summed E-state index contributed by atoms with van der Waals surface area (Å²) in [4.78, 5) is 2.56. The summed E-state index contributed by atoms with van der Waals surface area (Å²) >= 11 is 0. The van der Waals surface area contributed by atoms with Gasteiger partial charge in [0.25, 0.3) is 0 Å². The van der Waals surface area contributed by atoms with E-state index in [9.17, 15) is 0 Å². The predicted octanol–water partition coefficient (Wildman–Crippen LogP) is 1.88. The Labute approximate surface area is 106 Å². The molecule has 2 fully saturated rings. The molecule has 2 atom stereocenters. The van der Waals surface area contributed by atoms with Gasteiger partial charge in [0.15, 0.2) is 0 Å². The van der Waals surface area contributed by atoms with Crippen LogP contribution in [0.1, 0.15) is 39.5 Å². The summed E-state index contributed by atoms with van der Waals surface area (Å²) in [5.41, 5.74) is 0. The third-order valence-electron chi connectivity index (χ3n) is 4.45. The summed E-state index contributed by atoms with van der Waals surface area (Å²) in [6, 6.07) is 1.25. The van der Waals surface area contributed by atoms with Crippen molar-refractivity contribution in [3.63, 3.8) is 0 Å². The van der Waals surface area contributed by atoms with Gasteiger partial charge >= 0.3 is 0 Å². The van der Waals surface area contributed by atoms with E-state index in [1.807, 2.05) is 0 Å². The number of piperidine rings is 1. The maximum absolute atomic E-state index is 5.53. The van der Waals surface area contributed by atoms with Crippen molar-refractivity contribution in [3.8, 4) is 0 Å². The van der Waals surface area contributed by atoms with E-state index in [2.05, 4.69) is 24.1 Å². The SMILES string of the molecule is CCN1CCC(C(C)NC2CCCOC2)CC1. The molecule has 0 aromatic heterocycles. The van der Waals surface area contributed by atoms with Gasteiger partial charge in [-0.05, 0) is 58.2 Å². The molecule has 3 nitrogen and oxygen atoms in total. The summed E-state index contributed by atoms with van der Waals surface area (Å²) < 4.78 is 5.53. The monoisotopic (exact) mass is 240 g/mol. The Morgan fingerprint density at radius 3 is 2.65 bits per heavy atom. The lowest BCUT2D eigenvalue weighted by atomic mass is 9.89. The molecule has 1 N–H and O–H groups in total. The minimum absolute atomic E-state index is 0.600. The quantitative estimate of drug-likeness (QED) is 0.812. The number of nitrogens with one attached hydrogen (secondary N) is 1. The van der Waals surface area contributed by atoms with E-state index < -0.39 is 0 Å². The smallest absolute Gasteiger partial charge is 0.0619 e. The van der Waals surface area contributed by atoms with Crippen molar-refractivity contribution in [1.82, 2.24) is 10.2 Å². The molecule has 0 aliphatic carbocycles. The average molecular weight is 240 g/mol. The lowest BCUT2D eigenvalue weighted by Crippen LogP contribution is -2.47. The molecule has 0 radical (unpaired) electrons. The summed E-state index contributed by atoms with van der Waals surface area (Å²) in [6.45, 7) is 10.3.